The lowest BCUT2D eigenvalue weighted by Gasteiger charge is -2.12. The fourth-order valence-corrected chi connectivity index (χ4v) is 2.46. The van der Waals surface area contributed by atoms with Crippen LogP contribution in [0.5, 0.6) is 0 Å². The highest BCUT2D eigenvalue weighted by Gasteiger charge is 2.18. The first kappa shape index (κ1) is 12.9. The van der Waals surface area contributed by atoms with E-state index in [1.54, 1.807) is 42.5 Å². The first-order chi connectivity index (χ1) is 9.65. The molecule has 1 aliphatic rings. The highest BCUT2D eigenvalue weighted by molar-refractivity contribution is 6.31. The van der Waals surface area contributed by atoms with E-state index in [1.807, 2.05) is 0 Å². The molecule has 20 heavy (non-hydrogen) atoms. The number of hydrogen-bond acceptors (Lipinski definition) is 1. The third-order valence-corrected chi connectivity index (χ3v) is 3.44. The van der Waals surface area contributed by atoms with Gasteiger partial charge in [-0.25, -0.2) is 4.39 Å². The Morgan fingerprint density at radius 3 is 2.70 bits per heavy atom. The van der Waals surface area contributed by atoms with Crippen molar-refractivity contribution in [3.8, 4) is 0 Å². The van der Waals surface area contributed by atoms with E-state index in [2.05, 4.69) is 5.32 Å². The van der Waals surface area contributed by atoms with Crippen LogP contribution >= 0.6 is 11.6 Å². The van der Waals surface area contributed by atoms with Crippen molar-refractivity contribution in [3.05, 3.63) is 70.5 Å². The number of carbonyl (C=O) groups is 1. The molecule has 0 bridgehead atoms. The van der Waals surface area contributed by atoms with E-state index in [0.29, 0.717) is 21.8 Å². The number of amides is 1. The van der Waals surface area contributed by atoms with Crippen LogP contribution < -0.4 is 5.32 Å². The number of rotatable bonds is 1. The molecule has 1 aliphatic heterocycles. The molecule has 3 rings (SSSR count). The maximum Gasteiger partial charge on any atom is 0.228 e. The Hall–Kier alpha value is -2.13. The predicted octanol–water partition coefficient (Wildman–Crippen LogP) is 4.25. The van der Waals surface area contributed by atoms with Gasteiger partial charge in [-0.15, -0.1) is 0 Å². The van der Waals surface area contributed by atoms with Crippen molar-refractivity contribution in [1.29, 1.82) is 0 Å². The van der Waals surface area contributed by atoms with Crippen molar-refractivity contribution in [2.45, 2.75) is 6.42 Å². The smallest absolute Gasteiger partial charge is 0.228 e. The zero-order valence-corrected chi connectivity index (χ0v) is 11.2. The Balaban J connectivity index is 2.23. The molecular formula is C16H11ClFNO. The summed E-state index contributed by atoms with van der Waals surface area (Å²) in [5.74, 6) is -0.445. The van der Waals surface area contributed by atoms with E-state index < -0.39 is 0 Å². The van der Waals surface area contributed by atoms with Gasteiger partial charge in [0.15, 0.2) is 0 Å². The molecule has 0 aromatic heterocycles. The van der Waals surface area contributed by atoms with Crippen molar-refractivity contribution in [3.63, 3.8) is 0 Å². The van der Waals surface area contributed by atoms with Crippen LogP contribution in [0.1, 0.15) is 17.5 Å². The summed E-state index contributed by atoms with van der Waals surface area (Å²) < 4.78 is 14.0. The second kappa shape index (κ2) is 5.10. The van der Waals surface area contributed by atoms with E-state index in [9.17, 15) is 9.18 Å². The van der Waals surface area contributed by atoms with Crippen LogP contribution in [-0.2, 0) is 4.79 Å². The Morgan fingerprint density at radius 1 is 1.10 bits per heavy atom. The molecule has 0 saturated carbocycles. The van der Waals surface area contributed by atoms with Gasteiger partial charge in [0.25, 0.3) is 0 Å². The number of anilines is 1. The molecule has 100 valence electrons. The molecule has 4 heteroatoms. The highest BCUT2D eigenvalue weighted by atomic mass is 35.5. The SMILES string of the molecule is O=C1CC=C(c2ccccc2F)c2cc(Cl)ccc2N1. The van der Waals surface area contributed by atoms with Gasteiger partial charge >= 0.3 is 0 Å². The Bertz CT molecular complexity index is 724. The van der Waals surface area contributed by atoms with Crippen molar-refractivity contribution in [2.24, 2.45) is 0 Å². The van der Waals surface area contributed by atoms with Crippen LogP contribution in [0.3, 0.4) is 0 Å². The van der Waals surface area contributed by atoms with Crippen molar-refractivity contribution < 1.29 is 9.18 Å². The van der Waals surface area contributed by atoms with Crippen LogP contribution in [0.25, 0.3) is 5.57 Å². The molecule has 1 heterocycles. The first-order valence-electron chi connectivity index (χ1n) is 6.20. The largest absolute Gasteiger partial charge is 0.325 e. The van der Waals surface area contributed by atoms with E-state index in [-0.39, 0.29) is 18.1 Å². The predicted molar refractivity (Wildman–Crippen MR) is 78.2 cm³/mol. The number of carbonyl (C=O) groups excluding carboxylic acids is 1. The number of nitrogens with one attached hydrogen (secondary N) is 1. The van der Waals surface area contributed by atoms with Gasteiger partial charge in [0.1, 0.15) is 5.82 Å². The normalized spacial score (nSPS) is 14.1. The maximum atomic E-state index is 14.0. The second-order valence-corrected chi connectivity index (χ2v) is 4.98. The second-order valence-electron chi connectivity index (χ2n) is 4.54. The van der Waals surface area contributed by atoms with Gasteiger partial charge in [-0.1, -0.05) is 35.9 Å². The van der Waals surface area contributed by atoms with Crippen LogP contribution in [0.2, 0.25) is 5.02 Å². The zero-order valence-electron chi connectivity index (χ0n) is 10.5. The minimum Gasteiger partial charge on any atom is -0.325 e. The minimum atomic E-state index is -0.320. The van der Waals surface area contributed by atoms with E-state index >= 15 is 0 Å². The summed E-state index contributed by atoms with van der Waals surface area (Å²) in [6.45, 7) is 0. The molecule has 0 unspecified atom stereocenters. The van der Waals surface area contributed by atoms with E-state index in [1.165, 1.54) is 6.07 Å². The van der Waals surface area contributed by atoms with Crippen molar-refractivity contribution in [1.82, 2.24) is 0 Å². The summed E-state index contributed by atoms with van der Waals surface area (Å²) >= 11 is 6.03. The van der Waals surface area contributed by atoms with Gasteiger partial charge < -0.3 is 5.32 Å². The standard InChI is InChI=1S/C16H11ClFNO/c17-10-5-7-15-13(9-10)11(6-8-16(20)19-15)12-3-1-2-4-14(12)18/h1-7,9H,8H2,(H,19,20). The average molecular weight is 288 g/mol. The Morgan fingerprint density at radius 2 is 1.90 bits per heavy atom. The van der Waals surface area contributed by atoms with Crippen LogP contribution in [0, 0.1) is 5.82 Å². The molecule has 2 aromatic carbocycles. The van der Waals surface area contributed by atoms with Gasteiger partial charge in [-0.05, 0) is 29.8 Å². The molecule has 0 aliphatic carbocycles. The molecule has 1 N–H and O–H groups in total. The molecule has 0 saturated heterocycles. The molecular weight excluding hydrogens is 277 g/mol. The van der Waals surface area contributed by atoms with Crippen LogP contribution in [0.15, 0.2) is 48.5 Å². The van der Waals surface area contributed by atoms with Gasteiger partial charge in [-0.2, -0.15) is 0 Å². The third-order valence-electron chi connectivity index (χ3n) is 3.20. The minimum absolute atomic E-state index is 0.125. The Labute approximate surface area is 120 Å². The van der Waals surface area contributed by atoms with Gasteiger partial charge in [-0.3, -0.25) is 4.79 Å². The maximum absolute atomic E-state index is 14.0. The van der Waals surface area contributed by atoms with E-state index in [0.717, 1.165) is 5.56 Å². The van der Waals surface area contributed by atoms with Gasteiger partial charge in [0, 0.05) is 28.3 Å². The lowest BCUT2D eigenvalue weighted by Crippen LogP contribution is -2.09. The number of benzene rings is 2. The summed E-state index contributed by atoms with van der Waals surface area (Å²) in [5, 5.41) is 3.34. The third kappa shape index (κ3) is 2.32. The van der Waals surface area contributed by atoms with Gasteiger partial charge in [0.2, 0.25) is 5.91 Å². The summed E-state index contributed by atoms with van der Waals surface area (Å²) in [4.78, 5) is 11.7. The van der Waals surface area contributed by atoms with Gasteiger partial charge in [0.05, 0.1) is 0 Å². The summed E-state index contributed by atoms with van der Waals surface area (Å²) in [7, 11) is 0. The summed E-state index contributed by atoms with van der Waals surface area (Å²) in [6, 6.07) is 11.7. The molecule has 2 nitrogen and oxygen atoms in total. The first-order valence-corrected chi connectivity index (χ1v) is 6.58. The van der Waals surface area contributed by atoms with Crippen molar-refractivity contribution >= 4 is 28.8 Å². The fraction of sp³-hybridized carbons (Fsp3) is 0.0625. The summed E-state index contributed by atoms with van der Waals surface area (Å²) in [6.07, 6.45) is 1.94. The molecule has 0 fully saturated rings. The van der Waals surface area contributed by atoms with Crippen LogP contribution in [-0.4, -0.2) is 5.91 Å². The number of fused-ring (bicyclic) bond motifs is 1. The number of halogens is 2. The molecule has 0 radical (unpaired) electrons. The fourth-order valence-electron chi connectivity index (χ4n) is 2.29. The monoisotopic (exact) mass is 287 g/mol. The summed E-state index contributed by atoms with van der Waals surface area (Å²) in [5.41, 5.74) is 2.52. The zero-order chi connectivity index (χ0) is 14.1. The highest BCUT2D eigenvalue weighted by Crippen LogP contribution is 2.35. The molecule has 1 amide bonds. The Kier molecular flexibility index (Phi) is 3.28. The molecule has 0 spiro atoms. The topological polar surface area (TPSA) is 29.1 Å². The average Bonchev–Trinajstić information content (AvgIpc) is 2.58. The lowest BCUT2D eigenvalue weighted by atomic mass is 9.96. The number of hydrogen-bond donors (Lipinski definition) is 1. The molecule has 0 atom stereocenters. The molecule has 2 aromatic rings. The van der Waals surface area contributed by atoms with Crippen LogP contribution in [0.4, 0.5) is 10.1 Å². The van der Waals surface area contributed by atoms with E-state index in [4.69, 9.17) is 11.6 Å². The lowest BCUT2D eigenvalue weighted by molar-refractivity contribution is -0.115. The van der Waals surface area contributed by atoms with Crippen molar-refractivity contribution in [2.75, 3.05) is 5.32 Å². The quantitative estimate of drug-likeness (QED) is 0.834.